The molecule has 10 nitrogen and oxygen atoms in total. The summed E-state index contributed by atoms with van der Waals surface area (Å²) in [6.07, 6.45) is 0. The van der Waals surface area contributed by atoms with Crippen LogP contribution in [0.15, 0.2) is 0 Å². The molecule has 0 saturated carbocycles. The zero-order valence-electron chi connectivity index (χ0n) is 10.9. The SMILES string of the molecule is O.O=C(O)CN(CCO)CCN(CC(=O)O)CC(=O)O.[NaH]. The summed E-state index contributed by atoms with van der Waals surface area (Å²) in [5.41, 5.74) is 0. The maximum atomic E-state index is 10.6. The molecule has 0 amide bonds. The van der Waals surface area contributed by atoms with Crippen molar-refractivity contribution in [2.24, 2.45) is 0 Å². The Balaban J connectivity index is -0.00000162. The number of rotatable bonds is 11. The van der Waals surface area contributed by atoms with E-state index in [0.29, 0.717) is 0 Å². The first kappa shape index (κ1) is 25.2. The van der Waals surface area contributed by atoms with Crippen LogP contribution in [0.2, 0.25) is 0 Å². The number of aliphatic hydroxyl groups excluding tert-OH is 1. The van der Waals surface area contributed by atoms with Crippen LogP contribution in [0.5, 0.6) is 0 Å². The first-order chi connectivity index (χ1) is 8.85. The van der Waals surface area contributed by atoms with Gasteiger partial charge in [-0.05, 0) is 0 Å². The van der Waals surface area contributed by atoms with Gasteiger partial charge in [0.2, 0.25) is 0 Å². The molecule has 120 valence electrons. The van der Waals surface area contributed by atoms with Crippen LogP contribution < -0.4 is 0 Å². The van der Waals surface area contributed by atoms with E-state index in [9.17, 15) is 14.4 Å². The average Bonchev–Trinajstić information content (AvgIpc) is 2.23. The van der Waals surface area contributed by atoms with Gasteiger partial charge in [-0.15, -0.1) is 0 Å². The second kappa shape index (κ2) is 14.2. The van der Waals surface area contributed by atoms with Crippen LogP contribution in [0.25, 0.3) is 0 Å². The summed E-state index contributed by atoms with van der Waals surface area (Å²) in [7, 11) is 0. The minimum atomic E-state index is -1.16. The topological polar surface area (TPSA) is 170 Å². The molecule has 6 N–H and O–H groups in total. The third-order valence-corrected chi connectivity index (χ3v) is 2.23. The molecular formula is C10H21N2NaO8. The molecule has 0 aromatic carbocycles. The molecule has 0 aromatic heterocycles. The Kier molecular flexibility index (Phi) is 17.1. The maximum absolute atomic E-state index is 10.6. The first-order valence-corrected chi connectivity index (χ1v) is 5.56. The van der Waals surface area contributed by atoms with Gasteiger partial charge in [-0.25, -0.2) is 0 Å². The van der Waals surface area contributed by atoms with Crippen LogP contribution in [0.1, 0.15) is 0 Å². The molecule has 0 rings (SSSR count). The Morgan fingerprint density at radius 2 is 1.05 bits per heavy atom. The van der Waals surface area contributed by atoms with Gasteiger partial charge in [-0.1, -0.05) is 0 Å². The van der Waals surface area contributed by atoms with E-state index in [1.807, 2.05) is 0 Å². The van der Waals surface area contributed by atoms with Crippen LogP contribution in [0, 0.1) is 0 Å². The second-order valence-corrected chi connectivity index (χ2v) is 3.89. The van der Waals surface area contributed by atoms with E-state index in [0.717, 1.165) is 0 Å². The van der Waals surface area contributed by atoms with Crippen molar-refractivity contribution in [1.29, 1.82) is 0 Å². The molecule has 0 bridgehead atoms. The number of carbonyl (C=O) groups is 3. The van der Waals surface area contributed by atoms with Gasteiger partial charge < -0.3 is 25.9 Å². The summed E-state index contributed by atoms with van der Waals surface area (Å²) in [5, 5.41) is 34.7. The van der Waals surface area contributed by atoms with Crippen LogP contribution in [-0.2, 0) is 14.4 Å². The van der Waals surface area contributed by atoms with E-state index < -0.39 is 31.0 Å². The number of hydrogen-bond acceptors (Lipinski definition) is 6. The van der Waals surface area contributed by atoms with Crippen molar-refractivity contribution >= 4 is 47.5 Å². The zero-order chi connectivity index (χ0) is 14.8. The second-order valence-electron chi connectivity index (χ2n) is 3.89. The number of nitrogens with zero attached hydrogens (tertiary/aromatic N) is 2. The Labute approximate surface area is 143 Å². The summed E-state index contributed by atoms with van der Waals surface area (Å²) in [5.74, 6) is -3.39. The summed E-state index contributed by atoms with van der Waals surface area (Å²) in [4.78, 5) is 34.3. The van der Waals surface area contributed by atoms with Crippen LogP contribution in [0.4, 0.5) is 0 Å². The van der Waals surface area contributed by atoms with Crippen LogP contribution in [-0.4, -0.2) is 129 Å². The Hall–Kier alpha value is -0.750. The van der Waals surface area contributed by atoms with E-state index in [2.05, 4.69) is 0 Å². The van der Waals surface area contributed by atoms with Crippen molar-refractivity contribution in [3.63, 3.8) is 0 Å². The Bertz CT molecular complexity index is 312. The van der Waals surface area contributed by atoms with Gasteiger partial charge >= 0.3 is 47.5 Å². The van der Waals surface area contributed by atoms with Crippen molar-refractivity contribution in [1.82, 2.24) is 9.80 Å². The van der Waals surface area contributed by atoms with Crippen molar-refractivity contribution in [2.75, 3.05) is 45.9 Å². The minimum absolute atomic E-state index is 0. The molecule has 0 aliphatic carbocycles. The molecule has 0 unspecified atom stereocenters. The number of aliphatic hydroxyl groups is 1. The first-order valence-electron chi connectivity index (χ1n) is 5.56. The molecule has 0 atom stereocenters. The summed E-state index contributed by atoms with van der Waals surface area (Å²) in [6, 6.07) is 0. The molecule has 11 heteroatoms. The third kappa shape index (κ3) is 15.5. The van der Waals surface area contributed by atoms with Crippen LogP contribution >= 0.6 is 0 Å². The van der Waals surface area contributed by atoms with E-state index in [4.69, 9.17) is 20.4 Å². The normalized spacial score (nSPS) is 9.86. The van der Waals surface area contributed by atoms with Gasteiger partial charge in [0, 0.05) is 19.6 Å². The molecule has 0 aliphatic heterocycles. The van der Waals surface area contributed by atoms with Crippen molar-refractivity contribution in [3.05, 3.63) is 0 Å². The van der Waals surface area contributed by atoms with Crippen molar-refractivity contribution in [2.45, 2.75) is 0 Å². The van der Waals surface area contributed by atoms with E-state index in [1.165, 1.54) is 9.80 Å². The van der Waals surface area contributed by atoms with Gasteiger partial charge in [0.1, 0.15) is 0 Å². The predicted molar refractivity (Wildman–Crippen MR) is 73.6 cm³/mol. The number of carboxylic acids is 3. The van der Waals surface area contributed by atoms with Gasteiger partial charge in [0.15, 0.2) is 0 Å². The third-order valence-electron chi connectivity index (χ3n) is 2.23. The predicted octanol–water partition coefficient (Wildman–Crippen LogP) is -3.64. The monoisotopic (exact) mass is 320 g/mol. The number of hydrogen-bond donors (Lipinski definition) is 4. The molecule has 0 heterocycles. The van der Waals surface area contributed by atoms with Crippen LogP contribution in [0.3, 0.4) is 0 Å². The fourth-order valence-electron chi connectivity index (χ4n) is 1.48. The fourth-order valence-corrected chi connectivity index (χ4v) is 1.48. The quantitative estimate of drug-likeness (QED) is 0.280. The molecule has 0 spiro atoms. The van der Waals surface area contributed by atoms with Crippen molar-refractivity contribution < 1.29 is 40.3 Å². The van der Waals surface area contributed by atoms with Gasteiger partial charge in [-0.2, -0.15) is 0 Å². The summed E-state index contributed by atoms with van der Waals surface area (Å²) >= 11 is 0. The zero-order valence-corrected chi connectivity index (χ0v) is 10.9. The summed E-state index contributed by atoms with van der Waals surface area (Å²) in [6.45, 7) is -1.03. The molecule has 0 radical (unpaired) electrons. The van der Waals surface area contributed by atoms with E-state index >= 15 is 0 Å². The average molecular weight is 320 g/mol. The molecular weight excluding hydrogens is 299 g/mol. The van der Waals surface area contributed by atoms with Crippen molar-refractivity contribution in [3.8, 4) is 0 Å². The summed E-state index contributed by atoms with van der Waals surface area (Å²) < 4.78 is 0. The Morgan fingerprint density at radius 1 is 0.714 bits per heavy atom. The Morgan fingerprint density at radius 3 is 1.38 bits per heavy atom. The molecule has 21 heavy (non-hydrogen) atoms. The van der Waals surface area contributed by atoms with Gasteiger partial charge in [-0.3, -0.25) is 24.2 Å². The molecule has 0 aromatic rings. The molecule has 0 aliphatic rings. The molecule has 0 fully saturated rings. The van der Waals surface area contributed by atoms with Gasteiger partial charge in [0.05, 0.1) is 26.2 Å². The van der Waals surface area contributed by atoms with E-state index in [1.54, 1.807) is 0 Å². The van der Waals surface area contributed by atoms with Gasteiger partial charge in [0.25, 0.3) is 0 Å². The number of carboxylic acid groups (broad SMARTS) is 3. The molecule has 0 saturated heterocycles. The fraction of sp³-hybridized carbons (Fsp3) is 0.700. The van der Waals surface area contributed by atoms with E-state index in [-0.39, 0.29) is 67.8 Å². The standard InChI is InChI=1S/C10H18N2O7.Na.H2O.H/c13-4-3-11(5-8(14)15)1-2-12(6-9(16)17)7-10(18)19;;;/h13H,1-7H2,(H,14,15)(H,16,17)(H,18,19);;1H2;. The number of aliphatic carboxylic acids is 3.